The highest BCUT2D eigenvalue weighted by Crippen LogP contribution is 2.70. The lowest BCUT2D eigenvalue weighted by Gasteiger charge is -2.39. The zero-order valence-corrected chi connectivity index (χ0v) is 17.5. The molecule has 1 N–H and O–H groups in total. The standard InChI is InChI=1S/C25H27N3O/c1-5-16-10-12-17(13-11-16)26-22(29)25-15-14-24(4,23(25,2)3)20-21(25)28-19-9-7-6-8-18(19)27-20/h6-13H,5,14-15H2,1-4H3,(H,26,29). The molecule has 1 fully saturated rings. The molecule has 5 rings (SSSR count). The maximum absolute atomic E-state index is 13.8. The van der Waals surface area contributed by atoms with Crippen molar-refractivity contribution in [3.63, 3.8) is 0 Å². The van der Waals surface area contributed by atoms with Crippen molar-refractivity contribution in [2.24, 2.45) is 5.41 Å². The number of hydrogen-bond acceptors (Lipinski definition) is 3. The molecule has 2 aliphatic carbocycles. The van der Waals surface area contributed by atoms with Gasteiger partial charge >= 0.3 is 0 Å². The van der Waals surface area contributed by atoms with E-state index in [4.69, 9.17) is 9.97 Å². The Morgan fingerprint density at radius 1 is 0.931 bits per heavy atom. The van der Waals surface area contributed by atoms with E-state index in [0.717, 1.165) is 47.4 Å². The van der Waals surface area contributed by atoms with Gasteiger partial charge in [0.15, 0.2) is 0 Å². The third-order valence-corrected chi connectivity index (χ3v) is 7.95. The minimum Gasteiger partial charge on any atom is -0.325 e. The Kier molecular flexibility index (Phi) is 3.71. The third kappa shape index (κ3) is 2.17. The summed E-state index contributed by atoms with van der Waals surface area (Å²) in [6.07, 6.45) is 2.73. The van der Waals surface area contributed by atoms with Crippen molar-refractivity contribution in [2.45, 2.75) is 57.8 Å². The fraction of sp³-hybridized carbons (Fsp3) is 0.400. The number of nitrogens with zero attached hydrogens (tertiary/aromatic N) is 2. The van der Waals surface area contributed by atoms with Gasteiger partial charge in [-0.05, 0) is 54.5 Å². The number of carbonyl (C=O) groups excluding carboxylic acids is 1. The van der Waals surface area contributed by atoms with Gasteiger partial charge in [0.2, 0.25) is 5.91 Å². The Morgan fingerprint density at radius 2 is 1.55 bits per heavy atom. The van der Waals surface area contributed by atoms with Gasteiger partial charge in [-0.15, -0.1) is 0 Å². The van der Waals surface area contributed by atoms with E-state index in [1.54, 1.807) is 0 Å². The van der Waals surface area contributed by atoms with Gasteiger partial charge in [0.25, 0.3) is 0 Å². The van der Waals surface area contributed by atoms with Gasteiger partial charge in [-0.3, -0.25) is 4.79 Å². The van der Waals surface area contributed by atoms with E-state index < -0.39 is 5.41 Å². The maximum Gasteiger partial charge on any atom is 0.237 e. The first-order valence-electron chi connectivity index (χ1n) is 10.5. The van der Waals surface area contributed by atoms with Crippen molar-refractivity contribution in [1.82, 2.24) is 9.97 Å². The summed E-state index contributed by atoms with van der Waals surface area (Å²) in [6.45, 7) is 8.82. The second-order valence-corrected chi connectivity index (χ2v) is 9.28. The Labute approximate surface area is 171 Å². The summed E-state index contributed by atoms with van der Waals surface area (Å²) >= 11 is 0. The summed E-state index contributed by atoms with van der Waals surface area (Å²) in [4.78, 5) is 23.9. The van der Waals surface area contributed by atoms with Crippen LogP contribution in [0.5, 0.6) is 0 Å². The van der Waals surface area contributed by atoms with Crippen LogP contribution in [0, 0.1) is 5.41 Å². The van der Waals surface area contributed by atoms with Gasteiger partial charge in [-0.25, -0.2) is 9.97 Å². The normalized spacial score (nSPS) is 26.5. The number of aromatic nitrogens is 2. The number of anilines is 1. The highest BCUT2D eigenvalue weighted by atomic mass is 16.2. The molecule has 1 heterocycles. The van der Waals surface area contributed by atoms with E-state index in [-0.39, 0.29) is 16.7 Å². The van der Waals surface area contributed by atoms with Gasteiger partial charge in [-0.2, -0.15) is 0 Å². The highest BCUT2D eigenvalue weighted by Gasteiger charge is 2.73. The quantitative estimate of drug-likeness (QED) is 0.677. The van der Waals surface area contributed by atoms with E-state index in [1.807, 2.05) is 36.4 Å². The summed E-state index contributed by atoms with van der Waals surface area (Å²) in [7, 11) is 0. The van der Waals surface area contributed by atoms with Crippen molar-refractivity contribution in [1.29, 1.82) is 0 Å². The molecule has 1 amide bonds. The lowest BCUT2D eigenvalue weighted by molar-refractivity contribution is -0.125. The first kappa shape index (κ1) is 18.3. The second kappa shape index (κ2) is 5.88. The van der Waals surface area contributed by atoms with Crippen molar-refractivity contribution in [3.8, 4) is 0 Å². The Morgan fingerprint density at radius 3 is 2.17 bits per heavy atom. The number of carbonyl (C=O) groups is 1. The summed E-state index contributed by atoms with van der Waals surface area (Å²) < 4.78 is 0. The van der Waals surface area contributed by atoms with Crippen molar-refractivity contribution >= 4 is 22.6 Å². The fourth-order valence-corrected chi connectivity index (χ4v) is 5.61. The van der Waals surface area contributed by atoms with E-state index in [2.05, 4.69) is 45.1 Å². The molecule has 4 heteroatoms. The van der Waals surface area contributed by atoms with Crippen LogP contribution in [0.4, 0.5) is 5.69 Å². The first-order chi connectivity index (χ1) is 13.8. The molecule has 29 heavy (non-hydrogen) atoms. The summed E-state index contributed by atoms with van der Waals surface area (Å²) in [5.41, 5.74) is 4.64. The minimum absolute atomic E-state index is 0.0406. The predicted molar refractivity (Wildman–Crippen MR) is 116 cm³/mol. The number of hydrogen-bond donors (Lipinski definition) is 1. The van der Waals surface area contributed by atoms with E-state index >= 15 is 0 Å². The topological polar surface area (TPSA) is 54.9 Å². The van der Waals surface area contributed by atoms with Crippen LogP contribution >= 0.6 is 0 Å². The molecule has 0 spiro atoms. The van der Waals surface area contributed by atoms with Crippen LogP contribution in [0.15, 0.2) is 48.5 Å². The van der Waals surface area contributed by atoms with Gasteiger partial charge in [0.05, 0.1) is 27.8 Å². The zero-order valence-electron chi connectivity index (χ0n) is 17.5. The largest absolute Gasteiger partial charge is 0.325 e. The van der Waals surface area contributed by atoms with Crippen LogP contribution < -0.4 is 5.32 Å². The van der Waals surface area contributed by atoms with Gasteiger partial charge in [-0.1, -0.05) is 52.0 Å². The lowest BCUT2D eigenvalue weighted by Crippen LogP contribution is -2.48. The second-order valence-electron chi connectivity index (χ2n) is 9.28. The molecule has 2 bridgehead atoms. The summed E-state index contributed by atoms with van der Waals surface area (Å²) in [5, 5.41) is 3.21. The molecule has 0 radical (unpaired) electrons. The Bertz CT molecular complexity index is 1130. The number of aryl methyl sites for hydroxylation is 1. The van der Waals surface area contributed by atoms with Gasteiger partial charge in [0, 0.05) is 11.1 Å². The molecule has 1 saturated carbocycles. The molecule has 2 unspecified atom stereocenters. The van der Waals surface area contributed by atoms with E-state index in [1.165, 1.54) is 5.56 Å². The fourth-order valence-electron chi connectivity index (χ4n) is 5.61. The smallest absolute Gasteiger partial charge is 0.237 e. The number of para-hydroxylation sites is 2. The maximum atomic E-state index is 13.8. The molecule has 0 aliphatic heterocycles. The molecular weight excluding hydrogens is 358 g/mol. The van der Waals surface area contributed by atoms with Crippen LogP contribution in [-0.2, 0) is 22.0 Å². The van der Waals surface area contributed by atoms with Crippen molar-refractivity contribution in [3.05, 3.63) is 65.5 Å². The molecule has 1 aromatic heterocycles. The molecule has 0 saturated heterocycles. The summed E-state index contributed by atoms with van der Waals surface area (Å²) in [6, 6.07) is 16.1. The molecule has 4 nitrogen and oxygen atoms in total. The van der Waals surface area contributed by atoms with Crippen LogP contribution in [0.25, 0.3) is 11.0 Å². The highest BCUT2D eigenvalue weighted by molar-refractivity contribution is 6.02. The van der Waals surface area contributed by atoms with Gasteiger partial charge in [0.1, 0.15) is 0 Å². The number of nitrogens with one attached hydrogen (secondary N) is 1. The number of amides is 1. The van der Waals surface area contributed by atoms with Crippen LogP contribution in [0.2, 0.25) is 0 Å². The average molecular weight is 386 g/mol. The third-order valence-electron chi connectivity index (χ3n) is 7.95. The SMILES string of the molecule is CCc1ccc(NC(=O)C23CCC(C)(c4nc5ccccc5nc42)C3(C)C)cc1. The molecule has 2 atom stereocenters. The van der Waals surface area contributed by atoms with Gasteiger partial charge < -0.3 is 5.32 Å². The number of benzene rings is 2. The molecular formula is C25H27N3O. The Hall–Kier alpha value is -2.75. The molecule has 3 aromatic rings. The minimum atomic E-state index is -0.669. The number of rotatable bonds is 3. The summed E-state index contributed by atoms with van der Waals surface area (Å²) in [5.74, 6) is 0.0406. The van der Waals surface area contributed by atoms with E-state index in [9.17, 15) is 4.79 Å². The Balaban J connectivity index is 1.65. The average Bonchev–Trinajstić information content (AvgIpc) is 3.02. The molecule has 2 aromatic carbocycles. The monoisotopic (exact) mass is 385 g/mol. The lowest BCUT2D eigenvalue weighted by atomic mass is 9.63. The van der Waals surface area contributed by atoms with Crippen LogP contribution in [0.3, 0.4) is 0 Å². The molecule has 2 aliphatic rings. The van der Waals surface area contributed by atoms with E-state index in [0.29, 0.717) is 0 Å². The zero-order chi connectivity index (χ0) is 20.4. The van der Waals surface area contributed by atoms with Crippen LogP contribution in [0.1, 0.15) is 57.5 Å². The van der Waals surface area contributed by atoms with Crippen molar-refractivity contribution < 1.29 is 4.79 Å². The predicted octanol–water partition coefficient (Wildman–Crippen LogP) is 5.16. The number of fused-ring (bicyclic) bond motifs is 6. The van der Waals surface area contributed by atoms with Crippen molar-refractivity contribution in [2.75, 3.05) is 5.32 Å². The van der Waals surface area contributed by atoms with Crippen LogP contribution in [-0.4, -0.2) is 15.9 Å². The molecule has 148 valence electrons. The first-order valence-corrected chi connectivity index (χ1v) is 10.5.